The number of rotatable bonds is 10. The number of hydrogen-bond acceptors (Lipinski definition) is 6. The van der Waals surface area contributed by atoms with Crippen molar-refractivity contribution >= 4 is 23.0 Å². The number of oxime groups is 1. The lowest BCUT2D eigenvalue weighted by Gasteiger charge is -2.45. The fraction of sp³-hybridized carbons (Fsp3) is 0.367. The van der Waals surface area contributed by atoms with Crippen molar-refractivity contribution in [1.82, 2.24) is 4.98 Å². The molecule has 1 saturated carbocycles. The van der Waals surface area contributed by atoms with E-state index in [0.717, 1.165) is 36.3 Å². The van der Waals surface area contributed by atoms with Gasteiger partial charge >= 0.3 is 0 Å². The number of aromatic nitrogens is 1. The molecule has 0 unspecified atom stereocenters. The summed E-state index contributed by atoms with van der Waals surface area (Å²) in [6.07, 6.45) is 11.2. The van der Waals surface area contributed by atoms with Gasteiger partial charge in [-0.15, -0.1) is 11.8 Å². The molecule has 3 aromatic rings. The lowest BCUT2D eigenvalue weighted by Crippen LogP contribution is -2.44. The van der Waals surface area contributed by atoms with Gasteiger partial charge < -0.3 is 9.57 Å². The van der Waals surface area contributed by atoms with E-state index in [0.29, 0.717) is 12.5 Å². The van der Waals surface area contributed by atoms with Gasteiger partial charge in [0.05, 0.1) is 12.2 Å². The van der Waals surface area contributed by atoms with Crippen LogP contribution < -0.4 is 4.74 Å². The van der Waals surface area contributed by atoms with E-state index in [9.17, 15) is 0 Å². The van der Waals surface area contributed by atoms with Gasteiger partial charge in [-0.3, -0.25) is 9.98 Å². The quantitative estimate of drug-likeness (QED) is 0.169. The summed E-state index contributed by atoms with van der Waals surface area (Å²) in [5.74, 6) is 2.11. The average Bonchev–Trinajstić information content (AvgIpc) is 2.95. The molecule has 2 aromatic carbocycles. The van der Waals surface area contributed by atoms with Gasteiger partial charge in [0.1, 0.15) is 12.4 Å². The minimum atomic E-state index is -0.177. The summed E-state index contributed by atoms with van der Waals surface area (Å²) in [6, 6.07) is 22.7. The first-order valence-electron chi connectivity index (χ1n) is 12.6. The maximum atomic E-state index is 5.61. The van der Waals surface area contributed by atoms with Crippen LogP contribution in [0.2, 0.25) is 0 Å². The van der Waals surface area contributed by atoms with Crippen LogP contribution in [-0.4, -0.2) is 30.4 Å². The van der Waals surface area contributed by atoms with E-state index in [-0.39, 0.29) is 5.41 Å². The molecule has 1 aliphatic carbocycles. The Kier molecular flexibility index (Phi) is 9.56. The molecule has 36 heavy (non-hydrogen) atoms. The Morgan fingerprint density at radius 1 is 1.06 bits per heavy atom. The fourth-order valence-electron chi connectivity index (χ4n) is 5.15. The van der Waals surface area contributed by atoms with Crippen molar-refractivity contribution in [2.75, 3.05) is 14.2 Å². The zero-order valence-electron chi connectivity index (χ0n) is 21.2. The minimum Gasteiger partial charge on any atom is -0.497 e. The molecule has 188 valence electrons. The van der Waals surface area contributed by atoms with Crippen LogP contribution >= 0.6 is 11.8 Å². The van der Waals surface area contributed by atoms with Gasteiger partial charge in [-0.25, -0.2) is 0 Å². The van der Waals surface area contributed by atoms with Crippen LogP contribution in [0.1, 0.15) is 48.8 Å². The molecule has 5 nitrogen and oxygen atoms in total. The third-order valence-corrected chi connectivity index (χ3v) is 8.28. The molecule has 0 bridgehead atoms. The molecular weight excluding hydrogens is 466 g/mol. The molecule has 1 aliphatic rings. The second-order valence-electron chi connectivity index (χ2n) is 9.10. The van der Waals surface area contributed by atoms with Crippen LogP contribution in [0.4, 0.5) is 0 Å². The number of thioether (sulfide) groups is 1. The van der Waals surface area contributed by atoms with E-state index in [2.05, 4.69) is 28.3 Å². The SMILES string of the molecule is CN=C(SCc1ccc(OC)cc1)[C@@]1(c2cccnc2)CCCC[C@@H]1C/C=N/OCc1ccccc1. The van der Waals surface area contributed by atoms with Crippen LogP contribution in [0.5, 0.6) is 5.75 Å². The molecule has 1 fully saturated rings. The monoisotopic (exact) mass is 501 g/mol. The molecule has 0 N–H and O–H groups in total. The zero-order chi connectivity index (χ0) is 25.1. The predicted octanol–water partition coefficient (Wildman–Crippen LogP) is 7.07. The van der Waals surface area contributed by atoms with E-state index in [1.54, 1.807) is 7.11 Å². The van der Waals surface area contributed by atoms with E-state index < -0.39 is 0 Å². The molecule has 0 amide bonds. The Morgan fingerprint density at radius 2 is 1.89 bits per heavy atom. The summed E-state index contributed by atoms with van der Waals surface area (Å²) < 4.78 is 5.32. The molecule has 4 rings (SSSR count). The molecule has 2 atom stereocenters. The lowest BCUT2D eigenvalue weighted by molar-refractivity contribution is 0.130. The van der Waals surface area contributed by atoms with Crippen molar-refractivity contribution in [1.29, 1.82) is 0 Å². The van der Waals surface area contributed by atoms with Gasteiger partial charge in [-0.1, -0.05) is 66.5 Å². The number of nitrogens with zero attached hydrogens (tertiary/aromatic N) is 3. The van der Waals surface area contributed by atoms with Gasteiger partial charge in [0, 0.05) is 36.8 Å². The van der Waals surface area contributed by atoms with E-state index in [1.165, 1.54) is 29.0 Å². The Labute approximate surface area is 219 Å². The van der Waals surface area contributed by atoms with Crippen molar-refractivity contribution in [3.8, 4) is 5.75 Å². The minimum absolute atomic E-state index is 0.177. The Bertz CT molecular complexity index is 1120. The summed E-state index contributed by atoms with van der Waals surface area (Å²) in [6.45, 7) is 0.481. The Balaban J connectivity index is 1.52. The first-order valence-corrected chi connectivity index (χ1v) is 13.6. The van der Waals surface area contributed by atoms with Gasteiger partial charge in [0.25, 0.3) is 0 Å². The number of aliphatic imine (C=N–C) groups is 1. The van der Waals surface area contributed by atoms with Crippen molar-refractivity contribution in [2.24, 2.45) is 16.1 Å². The van der Waals surface area contributed by atoms with Crippen molar-refractivity contribution in [3.63, 3.8) is 0 Å². The van der Waals surface area contributed by atoms with E-state index in [4.69, 9.17) is 14.6 Å². The van der Waals surface area contributed by atoms with Crippen molar-refractivity contribution in [3.05, 3.63) is 95.8 Å². The van der Waals surface area contributed by atoms with Crippen LogP contribution in [-0.2, 0) is 22.6 Å². The van der Waals surface area contributed by atoms with E-state index >= 15 is 0 Å². The maximum Gasteiger partial charge on any atom is 0.142 e. The van der Waals surface area contributed by atoms with Gasteiger partial charge in [0.2, 0.25) is 0 Å². The smallest absolute Gasteiger partial charge is 0.142 e. The molecular formula is C30H35N3O2S. The third-order valence-electron chi connectivity index (χ3n) is 6.98. The molecule has 0 radical (unpaired) electrons. The summed E-state index contributed by atoms with van der Waals surface area (Å²) in [7, 11) is 3.62. The largest absolute Gasteiger partial charge is 0.497 e. The standard InChI is InChI=1S/C30H35N3O2S/c1-31-29(36-23-25-13-15-28(34-2)16-14-25)30(27-12-8-19-32-21-27)18-7-6-11-26(30)17-20-33-35-22-24-9-4-3-5-10-24/h3-5,8-10,12-16,19-21,26H,6-7,11,17-18,22-23H2,1-2H3/b31-29?,33-20+/t26-,30+/m1/s1. The topological polar surface area (TPSA) is 56.1 Å². The molecule has 0 aliphatic heterocycles. The van der Waals surface area contributed by atoms with Gasteiger partial charge in [-0.2, -0.15) is 0 Å². The summed E-state index contributed by atoms with van der Waals surface area (Å²) in [5, 5.41) is 5.49. The highest BCUT2D eigenvalue weighted by Crippen LogP contribution is 2.49. The van der Waals surface area contributed by atoms with Crippen molar-refractivity contribution < 1.29 is 9.57 Å². The van der Waals surface area contributed by atoms with E-state index in [1.807, 2.05) is 85.9 Å². The number of hydrogen-bond donors (Lipinski definition) is 0. The average molecular weight is 502 g/mol. The second-order valence-corrected chi connectivity index (χ2v) is 10.1. The summed E-state index contributed by atoms with van der Waals surface area (Å²) in [5.41, 5.74) is 3.44. The summed E-state index contributed by atoms with van der Waals surface area (Å²) in [4.78, 5) is 15.0. The number of methoxy groups -OCH3 is 1. The third kappa shape index (κ3) is 6.35. The first kappa shape index (κ1) is 26.0. The maximum absolute atomic E-state index is 5.61. The number of benzene rings is 2. The highest BCUT2D eigenvalue weighted by atomic mass is 32.2. The van der Waals surface area contributed by atoms with Crippen LogP contribution in [0.25, 0.3) is 0 Å². The molecule has 1 heterocycles. The highest BCUT2D eigenvalue weighted by molar-refractivity contribution is 8.13. The predicted molar refractivity (Wildman–Crippen MR) is 150 cm³/mol. The highest BCUT2D eigenvalue weighted by Gasteiger charge is 2.46. The van der Waals surface area contributed by atoms with Crippen molar-refractivity contribution in [2.45, 2.75) is 49.9 Å². The lowest BCUT2D eigenvalue weighted by atomic mass is 9.62. The molecule has 6 heteroatoms. The normalized spacial score (nSPS) is 20.4. The molecule has 0 spiro atoms. The Morgan fingerprint density at radius 3 is 2.61 bits per heavy atom. The molecule has 1 aromatic heterocycles. The Hall–Kier alpha value is -3.12. The first-order chi connectivity index (χ1) is 17.8. The fourth-order valence-corrected chi connectivity index (χ4v) is 6.42. The van der Waals surface area contributed by atoms with Gasteiger partial charge in [-0.05, 0) is 60.1 Å². The summed E-state index contributed by atoms with van der Waals surface area (Å²) >= 11 is 1.84. The zero-order valence-corrected chi connectivity index (χ0v) is 22.0. The number of pyridine rings is 1. The van der Waals surface area contributed by atoms with Crippen LogP contribution in [0.3, 0.4) is 0 Å². The number of ether oxygens (including phenoxy) is 1. The van der Waals surface area contributed by atoms with Crippen LogP contribution in [0, 0.1) is 5.92 Å². The second kappa shape index (κ2) is 13.3. The van der Waals surface area contributed by atoms with Crippen LogP contribution in [0.15, 0.2) is 89.3 Å². The van der Waals surface area contributed by atoms with Gasteiger partial charge in [0.15, 0.2) is 0 Å². The molecule has 0 saturated heterocycles.